The highest BCUT2D eigenvalue weighted by Gasteiger charge is 2.52. The molecule has 2 aliphatic heterocycles. The summed E-state index contributed by atoms with van der Waals surface area (Å²) in [5.41, 5.74) is 5.01. The minimum absolute atomic E-state index is 0. The van der Waals surface area contributed by atoms with Gasteiger partial charge >= 0.3 is 6.18 Å². The van der Waals surface area contributed by atoms with Crippen molar-refractivity contribution in [2.24, 2.45) is 17.1 Å². The Balaban J connectivity index is 0.00000171. The maximum absolute atomic E-state index is 13.5. The third-order valence-electron chi connectivity index (χ3n) is 6.69. The number of carbonyl (C=O) groups excluding carboxylic acids is 1. The Kier molecular flexibility index (Phi) is 8.46. The van der Waals surface area contributed by atoms with Gasteiger partial charge in [0.25, 0.3) is 0 Å². The van der Waals surface area contributed by atoms with Crippen LogP contribution in [0.1, 0.15) is 31.2 Å². The number of nitrogens with two attached hydrogens (primary N) is 1. The summed E-state index contributed by atoms with van der Waals surface area (Å²) in [5, 5.41) is 0. The van der Waals surface area contributed by atoms with Gasteiger partial charge in [-0.15, -0.1) is 24.8 Å². The molecule has 1 unspecified atom stereocenters. The van der Waals surface area contributed by atoms with E-state index in [2.05, 4.69) is 4.98 Å². The molecule has 176 valence electrons. The average molecular weight is 485 g/mol. The van der Waals surface area contributed by atoms with E-state index >= 15 is 0 Å². The van der Waals surface area contributed by atoms with Crippen LogP contribution in [-0.2, 0) is 15.7 Å². The number of aromatic nitrogens is 1. The van der Waals surface area contributed by atoms with Crippen molar-refractivity contribution in [3.63, 3.8) is 0 Å². The normalized spacial score (nSPS) is 28.8. The summed E-state index contributed by atoms with van der Waals surface area (Å²) in [5.74, 6) is 0.637. The first-order chi connectivity index (χ1) is 13.8. The molecular formula is C20H29Cl2F3N4O2. The van der Waals surface area contributed by atoms with E-state index in [-0.39, 0.29) is 42.7 Å². The molecule has 0 spiro atoms. The molecule has 2 saturated heterocycles. The van der Waals surface area contributed by atoms with Gasteiger partial charge in [0.05, 0.1) is 17.6 Å². The van der Waals surface area contributed by atoms with E-state index < -0.39 is 17.2 Å². The number of anilines is 1. The number of piperazine rings is 1. The van der Waals surface area contributed by atoms with E-state index in [1.807, 2.05) is 9.80 Å². The molecule has 1 saturated carbocycles. The molecule has 1 aromatic heterocycles. The molecule has 0 aromatic carbocycles. The van der Waals surface area contributed by atoms with Gasteiger partial charge in [-0.05, 0) is 43.7 Å². The Morgan fingerprint density at radius 2 is 1.90 bits per heavy atom. The van der Waals surface area contributed by atoms with Crippen molar-refractivity contribution < 1.29 is 22.7 Å². The number of pyridine rings is 1. The minimum Gasteiger partial charge on any atom is -0.381 e. The van der Waals surface area contributed by atoms with Gasteiger partial charge in [0.1, 0.15) is 5.82 Å². The first-order valence-electron chi connectivity index (χ1n) is 10.2. The molecule has 31 heavy (non-hydrogen) atoms. The van der Waals surface area contributed by atoms with Crippen LogP contribution in [0, 0.1) is 11.3 Å². The lowest BCUT2D eigenvalue weighted by molar-refractivity contribution is -0.146. The number of alkyl halides is 3. The Morgan fingerprint density at radius 3 is 2.45 bits per heavy atom. The summed E-state index contributed by atoms with van der Waals surface area (Å²) in [4.78, 5) is 21.3. The molecule has 0 bridgehead atoms. The zero-order valence-corrected chi connectivity index (χ0v) is 18.8. The molecule has 3 heterocycles. The number of nitrogens with zero attached hydrogens (tertiary/aromatic N) is 3. The summed E-state index contributed by atoms with van der Waals surface area (Å²) in [6.45, 7) is 3.16. The first-order valence-corrected chi connectivity index (χ1v) is 10.2. The SMILES string of the molecule is Cl.Cl.N[C@@H]1CC[C@@](C(=O)N2CCN(c3cc(C(F)(F)F)ccn3)CC2)(C2CCOC2)C1. The highest BCUT2D eigenvalue weighted by molar-refractivity contribution is 5.85. The zero-order chi connectivity index (χ0) is 20.6. The molecule has 2 N–H and O–H groups in total. The first kappa shape index (κ1) is 26.0. The van der Waals surface area contributed by atoms with Crippen LogP contribution in [0.15, 0.2) is 18.3 Å². The molecule has 3 aliphatic rings. The molecule has 11 heteroatoms. The standard InChI is InChI=1S/C20H27F3N4O2.2ClH/c21-20(22,23)14-2-5-25-17(11-14)26-6-8-27(9-7-26)18(28)19(4-1-16(24)12-19)15-3-10-29-13-15;;/h2,5,11,15-16H,1,3-4,6-10,12-13,24H2;2*1H/t15?,16-,19+;;/m1../s1. The molecular weight excluding hydrogens is 456 g/mol. The van der Waals surface area contributed by atoms with Gasteiger partial charge < -0.3 is 20.3 Å². The molecule has 6 nitrogen and oxygen atoms in total. The summed E-state index contributed by atoms with van der Waals surface area (Å²) in [7, 11) is 0. The van der Waals surface area contributed by atoms with Crippen molar-refractivity contribution in [2.45, 2.75) is 37.9 Å². The Labute approximate surface area is 192 Å². The van der Waals surface area contributed by atoms with Crippen molar-refractivity contribution in [3.8, 4) is 0 Å². The number of halogens is 5. The summed E-state index contributed by atoms with van der Waals surface area (Å²) < 4.78 is 44.5. The Hall–Kier alpha value is -1.29. The fourth-order valence-corrected chi connectivity index (χ4v) is 5.05. The second-order valence-corrected chi connectivity index (χ2v) is 8.40. The van der Waals surface area contributed by atoms with Crippen LogP contribution >= 0.6 is 24.8 Å². The monoisotopic (exact) mass is 484 g/mol. The highest BCUT2D eigenvalue weighted by atomic mass is 35.5. The number of amides is 1. The average Bonchev–Trinajstić information content (AvgIpc) is 3.38. The largest absolute Gasteiger partial charge is 0.416 e. The second kappa shape index (κ2) is 10.1. The van der Waals surface area contributed by atoms with E-state index in [0.717, 1.165) is 31.4 Å². The molecule has 1 aromatic rings. The predicted octanol–water partition coefficient (Wildman–Crippen LogP) is 3.13. The fraction of sp³-hybridized carbons (Fsp3) is 0.700. The molecule has 1 aliphatic carbocycles. The number of hydrogen-bond donors (Lipinski definition) is 1. The number of ether oxygens (including phenoxy) is 1. The van der Waals surface area contributed by atoms with E-state index in [1.165, 1.54) is 6.20 Å². The molecule has 1 amide bonds. The van der Waals surface area contributed by atoms with Crippen molar-refractivity contribution in [3.05, 3.63) is 23.9 Å². The number of carbonyl (C=O) groups is 1. The summed E-state index contributed by atoms with van der Waals surface area (Å²) in [6, 6.07) is 2.08. The molecule has 3 atom stereocenters. The lowest BCUT2D eigenvalue weighted by atomic mass is 9.72. The molecule has 3 fully saturated rings. The van der Waals surface area contributed by atoms with E-state index in [4.69, 9.17) is 10.5 Å². The van der Waals surface area contributed by atoms with Gasteiger partial charge in [-0.25, -0.2) is 4.98 Å². The summed E-state index contributed by atoms with van der Waals surface area (Å²) in [6.07, 6.45) is -0.00818. The van der Waals surface area contributed by atoms with Gasteiger partial charge in [-0.2, -0.15) is 13.2 Å². The minimum atomic E-state index is -4.40. The van der Waals surface area contributed by atoms with Gasteiger partial charge in [-0.1, -0.05) is 0 Å². The summed E-state index contributed by atoms with van der Waals surface area (Å²) >= 11 is 0. The zero-order valence-electron chi connectivity index (χ0n) is 17.1. The van der Waals surface area contributed by atoms with Gasteiger partial charge in [-0.3, -0.25) is 4.79 Å². The van der Waals surface area contributed by atoms with Gasteiger partial charge in [0.2, 0.25) is 5.91 Å². The van der Waals surface area contributed by atoms with Crippen molar-refractivity contribution in [1.82, 2.24) is 9.88 Å². The van der Waals surface area contributed by atoms with Crippen molar-refractivity contribution in [1.29, 1.82) is 0 Å². The number of hydrogen-bond acceptors (Lipinski definition) is 5. The Morgan fingerprint density at radius 1 is 1.19 bits per heavy atom. The lowest BCUT2D eigenvalue weighted by Crippen LogP contribution is -2.55. The van der Waals surface area contributed by atoms with E-state index in [1.54, 1.807) is 0 Å². The number of rotatable bonds is 3. The van der Waals surface area contributed by atoms with Crippen LogP contribution in [0.3, 0.4) is 0 Å². The highest BCUT2D eigenvalue weighted by Crippen LogP contribution is 2.48. The molecule has 4 rings (SSSR count). The van der Waals surface area contributed by atoms with Crippen LogP contribution in [-0.4, -0.2) is 61.2 Å². The maximum atomic E-state index is 13.5. The van der Waals surface area contributed by atoms with Crippen molar-refractivity contribution >= 4 is 36.5 Å². The van der Waals surface area contributed by atoms with Gasteiger partial charge in [0.15, 0.2) is 0 Å². The van der Waals surface area contributed by atoms with Crippen LogP contribution < -0.4 is 10.6 Å². The van der Waals surface area contributed by atoms with E-state index in [0.29, 0.717) is 51.6 Å². The third-order valence-corrected chi connectivity index (χ3v) is 6.69. The molecule has 0 radical (unpaired) electrons. The fourth-order valence-electron chi connectivity index (χ4n) is 5.05. The van der Waals surface area contributed by atoms with Crippen LogP contribution in [0.4, 0.5) is 19.0 Å². The topological polar surface area (TPSA) is 71.7 Å². The second-order valence-electron chi connectivity index (χ2n) is 8.40. The quantitative estimate of drug-likeness (QED) is 0.713. The predicted molar refractivity (Wildman–Crippen MR) is 116 cm³/mol. The van der Waals surface area contributed by atoms with Crippen LogP contribution in [0.2, 0.25) is 0 Å². The van der Waals surface area contributed by atoms with E-state index in [9.17, 15) is 18.0 Å². The van der Waals surface area contributed by atoms with Crippen LogP contribution in [0.5, 0.6) is 0 Å². The lowest BCUT2D eigenvalue weighted by Gasteiger charge is -2.42. The Bertz CT molecular complexity index is 756. The third kappa shape index (κ3) is 5.21. The maximum Gasteiger partial charge on any atom is 0.416 e. The van der Waals surface area contributed by atoms with Crippen LogP contribution in [0.25, 0.3) is 0 Å². The van der Waals surface area contributed by atoms with Gasteiger partial charge in [0, 0.05) is 45.0 Å². The smallest absolute Gasteiger partial charge is 0.381 e. The van der Waals surface area contributed by atoms with Crippen molar-refractivity contribution in [2.75, 3.05) is 44.3 Å².